The highest BCUT2D eigenvalue weighted by atomic mass is 35.5. The molecule has 1 aromatic heterocycles. The standard InChI is InChI=1S/C14H17ClO3.C12H12ClNO2/c1-4-18-14(17)12(9(2)3)13(16)10-5-7-11(15)8-6-10;1-7(2)10-11(16-14-12(10)15)8-3-5-9(13)6-4-8/h5-9,12H,4H2,1-3H3;3-7H,1-2H3,(H,14,15). The van der Waals surface area contributed by atoms with Crippen molar-refractivity contribution in [3.05, 3.63) is 80.1 Å². The summed E-state index contributed by atoms with van der Waals surface area (Å²) in [5.74, 6) is -0.837. The van der Waals surface area contributed by atoms with Gasteiger partial charge in [-0.1, -0.05) is 50.9 Å². The van der Waals surface area contributed by atoms with E-state index in [1.807, 2.05) is 39.8 Å². The van der Waals surface area contributed by atoms with Gasteiger partial charge in [0.25, 0.3) is 5.56 Å². The van der Waals surface area contributed by atoms with E-state index in [0.29, 0.717) is 26.9 Å². The van der Waals surface area contributed by atoms with Crippen molar-refractivity contribution in [2.24, 2.45) is 11.8 Å². The van der Waals surface area contributed by atoms with Crippen molar-refractivity contribution in [3.63, 3.8) is 0 Å². The summed E-state index contributed by atoms with van der Waals surface area (Å²) in [6, 6.07) is 13.7. The van der Waals surface area contributed by atoms with E-state index in [9.17, 15) is 14.4 Å². The second-order valence-corrected chi connectivity index (χ2v) is 9.16. The maximum atomic E-state index is 12.3. The van der Waals surface area contributed by atoms with Crippen LogP contribution in [-0.2, 0) is 9.53 Å². The molecule has 0 saturated carbocycles. The molecule has 0 spiro atoms. The van der Waals surface area contributed by atoms with Gasteiger partial charge in [0.15, 0.2) is 11.5 Å². The van der Waals surface area contributed by atoms with Crippen molar-refractivity contribution in [1.29, 1.82) is 0 Å². The molecule has 1 N–H and O–H groups in total. The van der Waals surface area contributed by atoms with Gasteiger partial charge in [0, 0.05) is 21.2 Å². The summed E-state index contributed by atoms with van der Waals surface area (Å²) < 4.78 is 10.1. The monoisotopic (exact) mass is 505 g/mol. The fourth-order valence-electron chi connectivity index (χ4n) is 3.36. The van der Waals surface area contributed by atoms with Crippen molar-refractivity contribution in [2.75, 3.05) is 6.61 Å². The lowest BCUT2D eigenvalue weighted by Crippen LogP contribution is -2.30. The molecule has 3 rings (SSSR count). The molecule has 1 heterocycles. The van der Waals surface area contributed by atoms with E-state index in [-0.39, 0.29) is 29.8 Å². The van der Waals surface area contributed by atoms with Gasteiger partial charge in [-0.3, -0.25) is 14.4 Å². The van der Waals surface area contributed by atoms with E-state index in [0.717, 1.165) is 5.56 Å². The molecule has 6 nitrogen and oxygen atoms in total. The number of carbonyl (C=O) groups is 2. The van der Waals surface area contributed by atoms with E-state index in [1.165, 1.54) is 0 Å². The molecule has 0 fully saturated rings. The number of hydrogen-bond acceptors (Lipinski definition) is 5. The van der Waals surface area contributed by atoms with Crippen LogP contribution in [0.1, 0.15) is 56.5 Å². The number of Topliss-reactive ketones (excluding diaryl/α,β-unsaturated/α-hetero) is 1. The van der Waals surface area contributed by atoms with Gasteiger partial charge in [-0.25, -0.2) is 0 Å². The Morgan fingerprint density at radius 1 is 0.941 bits per heavy atom. The number of halogens is 2. The number of hydrogen-bond donors (Lipinski definition) is 1. The number of H-pyrrole nitrogens is 1. The zero-order chi connectivity index (χ0) is 25.4. The normalized spacial score (nSPS) is 11.7. The van der Waals surface area contributed by atoms with Gasteiger partial charge < -0.3 is 9.26 Å². The van der Waals surface area contributed by atoms with Crippen LogP contribution in [0.25, 0.3) is 11.3 Å². The molecule has 0 aliphatic heterocycles. The number of benzene rings is 2. The molecule has 1 unspecified atom stereocenters. The molecule has 0 aliphatic rings. The Hall–Kier alpha value is -2.83. The Morgan fingerprint density at radius 3 is 1.94 bits per heavy atom. The summed E-state index contributed by atoms with van der Waals surface area (Å²) in [6.45, 7) is 9.57. The zero-order valence-corrected chi connectivity index (χ0v) is 21.4. The fraction of sp³-hybridized carbons (Fsp3) is 0.346. The average molecular weight is 506 g/mol. The van der Waals surface area contributed by atoms with Crippen LogP contribution >= 0.6 is 23.2 Å². The van der Waals surface area contributed by atoms with Gasteiger partial charge in [0.05, 0.1) is 12.2 Å². The first-order chi connectivity index (χ1) is 16.1. The maximum Gasteiger partial charge on any atom is 0.317 e. The average Bonchev–Trinajstić information content (AvgIpc) is 3.17. The maximum absolute atomic E-state index is 12.3. The number of esters is 1. The molecule has 3 aromatic rings. The number of ether oxygens (including phenoxy) is 1. The van der Waals surface area contributed by atoms with Crippen molar-refractivity contribution in [2.45, 2.75) is 40.5 Å². The molecule has 0 radical (unpaired) electrons. The largest absolute Gasteiger partial charge is 0.465 e. The number of rotatable bonds is 7. The number of aromatic amines is 1. The summed E-state index contributed by atoms with van der Waals surface area (Å²) in [5.41, 5.74) is 1.83. The first kappa shape index (κ1) is 27.4. The van der Waals surface area contributed by atoms with Gasteiger partial charge >= 0.3 is 5.97 Å². The molecule has 34 heavy (non-hydrogen) atoms. The highest BCUT2D eigenvalue weighted by Crippen LogP contribution is 2.27. The lowest BCUT2D eigenvalue weighted by Gasteiger charge is -2.17. The second-order valence-electron chi connectivity index (χ2n) is 8.28. The summed E-state index contributed by atoms with van der Waals surface area (Å²) in [4.78, 5) is 35.6. The van der Waals surface area contributed by atoms with E-state index in [1.54, 1.807) is 43.3 Å². The minimum Gasteiger partial charge on any atom is -0.465 e. The van der Waals surface area contributed by atoms with Crippen LogP contribution in [0.5, 0.6) is 0 Å². The predicted octanol–water partition coefficient (Wildman–Crippen LogP) is 6.77. The van der Waals surface area contributed by atoms with Crippen LogP contribution in [0, 0.1) is 11.8 Å². The van der Waals surface area contributed by atoms with Gasteiger partial charge in [0.2, 0.25) is 0 Å². The summed E-state index contributed by atoms with van der Waals surface area (Å²) in [7, 11) is 0. The Balaban J connectivity index is 0.000000241. The molecule has 1 atom stereocenters. The van der Waals surface area contributed by atoms with E-state index in [2.05, 4.69) is 5.16 Å². The molecule has 0 bridgehead atoms. The minimum atomic E-state index is -0.758. The molecule has 0 amide bonds. The molecule has 2 aromatic carbocycles. The Kier molecular flexibility index (Phi) is 10.1. The second kappa shape index (κ2) is 12.6. The molecule has 0 saturated heterocycles. The van der Waals surface area contributed by atoms with Gasteiger partial charge in [-0.05, 0) is 67.3 Å². The number of aromatic nitrogens is 1. The third-order valence-corrected chi connectivity index (χ3v) is 5.54. The van der Waals surface area contributed by atoms with Crippen LogP contribution in [-0.4, -0.2) is 23.5 Å². The zero-order valence-electron chi connectivity index (χ0n) is 19.9. The summed E-state index contributed by atoms with van der Waals surface area (Å²) in [6.07, 6.45) is 0. The smallest absolute Gasteiger partial charge is 0.317 e. The molecule has 8 heteroatoms. The lowest BCUT2D eigenvalue weighted by molar-refractivity contribution is -0.147. The van der Waals surface area contributed by atoms with Crippen LogP contribution in [0.2, 0.25) is 10.0 Å². The summed E-state index contributed by atoms with van der Waals surface area (Å²) in [5, 5.41) is 3.59. The van der Waals surface area contributed by atoms with Gasteiger partial charge in [0.1, 0.15) is 5.92 Å². The predicted molar refractivity (Wildman–Crippen MR) is 135 cm³/mol. The SMILES string of the molecule is CC(C)c1c(-c2ccc(Cl)cc2)o[nH]c1=O.CCOC(=O)C(C(=O)c1ccc(Cl)cc1)C(C)C. The van der Waals surface area contributed by atoms with Crippen LogP contribution in [0.3, 0.4) is 0 Å². The van der Waals surface area contributed by atoms with Crippen molar-refractivity contribution in [1.82, 2.24) is 5.16 Å². The van der Waals surface area contributed by atoms with Crippen molar-refractivity contribution in [3.8, 4) is 11.3 Å². The van der Waals surface area contributed by atoms with Gasteiger partial charge in [-0.2, -0.15) is 5.16 Å². The fourth-order valence-corrected chi connectivity index (χ4v) is 3.61. The molecule has 0 aliphatic carbocycles. The Morgan fingerprint density at radius 2 is 1.47 bits per heavy atom. The minimum absolute atomic E-state index is 0.104. The van der Waals surface area contributed by atoms with E-state index >= 15 is 0 Å². The first-order valence-corrected chi connectivity index (χ1v) is 11.8. The highest BCUT2D eigenvalue weighted by molar-refractivity contribution is 6.31. The Bertz CT molecular complexity index is 1150. The third kappa shape index (κ3) is 7.08. The van der Waals surface area contributed by atoms with Crippen molar-refractivity contribution >= 4 is 35.0 Å². The lowest BCUT2D eigenvalue weighted by atomic mass is 9.88. The third-order valence-electron chi connectivity index (χ3n) is 5.04. The van der Waals surface area contributed by atoms with Crippen LogP contribution in [0.4, 0.5) is 0 Å². The number of nitrogens with one attached hydrogen (secondary N) is 1. The molecule has 182 valence electrons. The van der Waals surface area contributed by atoms with E-state index in [4.69, 9.17) is 32.5 Å². The van der Waals surface area contributed by atoms with Crippen molar-refractivity contribution < 1.29 is 18.8 Å². The highest BCUT2D eigenvalue weighted by Gasteiger charge is 2.31. The molecular weight excluding hydrogens is 477 g/mol. The topological polar surface area (TPSA) is 89.4 Å². The van der Waals surface area contributed by atoms with Gasteiger partial charge in [-0.15, -0.1) is 0 Å². The Labute approximate surface area is 209 Å². The first-order valence-electron chi connectivity index (χ1n) is 11.0. The van der Waals surface area contributed by atoms with Crippen LogP contribution < -0.4 is 5.56 Å². The molecular formula is C26H29Cl2NO5. The summed E-state index contributed by atoms with van der Waals surface area (Å²) >= 11 is 11.6. The quantitative estimate of drug-likeness (QED) is 0.217. The number of ketones is 1. The van der Waals surface area contributed by atoms with E-state index < -0.39 is 11.9 Å². The number of carbonyl (C=O) groups excluding carboxylic acids is 2. The van der Waals surface area contributed by atoms with Crippen LogP contribution in [0.15, 0.2) is 57.8 Å².